The van der Waals surface area contributed by atoms with Gasteiger partial charge >= 0.3 is 6.03 Å². The van der Waals surface area contributed by atoms with Gasteiger partial charge < -0.3 is 19.1 Å². The first-order chi connectivity index (χ1) is 10.6. The van der Waals surface area contributed by atoms with Crippen molar-refractivity contribution < 1.29 is 14.1 Å². The number of rotatable bonds is 1. The van der Waals surface area contributed by atoms with Gasteiger partial charge in [-0.05, 0) is 40.0 Å². The molecule has 1 aromatic rings. The molecule has 2 aliphatic heterocycles. The molecule has 2 fully saturated rings. The van der Waals surface area contributed by atoms with Crippen molar-refractivity contribution in [3.8, 4) is 0 Å². The monoisotopic (exact) mass is 308 g/mol. The van der Waals surface area contributed by atoms with E-state index in [0.717, 1.165) is 12.8 Å². The lowest BCUT2D eigenvalue weighted by molar-refractivity contribution is -0.0159. The molecule has 1 aromatic heterocycles. The van der Waals surface area contributed by atoms with Crippen LogP contribution >= 0.6 is 0 Å². The molecule has 0 aliphatic carbocycles. The first-order valence-electron chi connectivity index (χ1n) is 8.05. The van der Waals surface area contributed by atoms with Crippen LogP contribution in [0.1, 0.15) is 50.9 Å². The molecule has 2 aliphatic rings. The predicted octanol–water partition coefficient (Wildman–Crippen LogP) is 2.13. The molecule has 0 bridgehead atoms. The van der Waals surface area contributed by atoms with Crippen LogP contribution in [0.25, 0.3) is 0 Å². The highest BCUT2D eigenvalue weighted by Crippen LogP contribution is 2.29. The molecule has 0 radical (unpaired) electrons. The number of hydrogen-bond donors (Lipinski definition) is 0. The lowest BCUT2D eigenvalue weighted by atomic mass is 9.98. The van der Waals surface area contributed by atoms with Gasteiger partial charge in [0.1, 0.15) is 6.04 Å². The lowest BCUT2D eigenvalue weighted by Crippen LogP contribution is -2.56. The molecule has 2 saturated heterocycles. The number of carbonyl (C=O) groups excluding carboxylic acids is 1. The number of likely N-dealkylation sites (tertiary alicyclic amines) is 1. The van der Waals surface area contributed by atoms with Crippen LogP contribution in [0.15, 0.2) is 4.52 Å². The fourth-order valence-electron chi connectivity index (χ4n) is 3.43. The Morgan fingerprint density at radius 1 is 1.27 bits per heavy atom. The maximum atomic E-state index is 13.1. The van der Waals surface area contributed by atoms with Gasteiger partial charge in [-0.1, -0.05) is 5.16 Å². The Bertz CT molecular complexity index is 523. The third kappa shape index (κ3) is 2.82. The first kappa shape index (κ1) is 15.3. The lowest BCUT2D eigenvalue weighted by Gasteiger charge is -2.44. The summed E-state index contributed by atoms with van der Waals surface area (Å²) in [5.74, 6) is 1.04. The molecule has 0 spiro atoms. The normalized spacial score (nSPS) is 29.7. The predicted molar refractivity (Wildman–Crippen MR) is 79.3 cm³/mol. The molecule has 3 unspecified atom stereocenters. The molecule has 0 saturated carbocycles. The molecule has 122 valence electrons. The van der Waals surface area contributed by atoms with Gasteiger partial charge in [-0.15, -0.1) is 0 Å². The van der Waals surface area contributed by atoms with Gasteiger partial charge in [0.05, 0.1) is 13.2 Å². The highest BCUT2D eigenvalue weighted by molar-refractivity contribution is 5.76. The molecule has 3 heterocycles. The summed E-state index contributed by atoms with van der Waals surface area (Å²) in [4.78, 5) is 21.2. The number of hydrogen-bond acceptors (Lipinski definition) is 5. The van der Waals surface area contributed by atoms with Crippen molar-refractivity contribution >= 4 is 6.03 Å². The summed E-state index contributed by atoms with van der Waals surface area (Å²) in [6.07, 6.45) is 3.30. The molecule has 7 nitrogen and oxygen atoms in total. The van der Waals surface area contributed by atoms with E-state index >= 15 is 0 Å². The zero-order valence-electron chi connectivity index (χ0n) is 13.5. The van der Waals surface area contributed by atoms with Crippen LogP contribution in [-0.2, 0) is 4.74 Å². The Morgan fingerprint density at radius 3 is 2.64 bits per heavy atom. The summed E-state index contributed by atoms with van der Waals surface area (Å²) in [6, 6.07) is 0.306. The maximum absolute atomic E-state index is 13.1. The van der Waals surface area contributed by atoms with Gasteiger partial charge in [0.25, 0.3) is 5.89 Å². The second-order valence-corrected chi connectivity index (χ2v) is 6.28. The number of urea groups is 1. The third-order valence-corrected chi connectivity index (χ3v) is 4.62. The third-order valence-electron chi connectivity index (χ3n) is 4.62. The zero-order valence-corrected chi connectivity index (χ0v) is 13.5. The van der Waals surface area contributed by atoms with Gasteiger partial charge in [0, 0.05) is 18.6 Å². The van der Waals surface area contributed by atoms with E-state index in [1.165, 1.54) is 6.42 Å². The summed E-state index contributed by atoms with van der Waals surface area (Å²) in [7, 11) is 0. The van der Waals surface area contributed by atoms with E-state index in [1.54, 1.807) is 6.92 Å². The molecule has 3 atom stereocenters. The van der Waals surface area contributed by atoms with E-state index in [4.69, 9.17) is 9.26 Å². The van der Waals surface area contributed by atoms with Gasteiger partial charge in [-0.3, -0.25) is 0 Å². The second-order valence-electron chi connectivity index (χ2n) is 6.28. The first-order valence-corrected chi connectivity index (χ1v) is 8.05. The van der Waals surface area contributed by atoms with E-state index in [2.05, 4.69) is 24.0 Å². The highest BCUT2D eigenvalue weighted by Gasteiger charge is 2.38. The Kier molecular flexibility index (Phi) is 4.33. The van der Waals surface area contributed by atoms with Crippen molar-refractivity contribution in [3.63, 3.8) is 0 Å². The van der Waals surface area contributed by atoms with E-state index in [1.807, 2.05) is 9.80 Å². The number of aromatic nitrogens is 2. The van der Waals surface area contributed by atoms with Crippen molar-refractivity contribution in [1.29, 1.82) is 0 Å². The maximum Gasteiger partial charge on any atom is 0.321 e. The van der Waals surface area contributed by atoms with Crippen LogP contribution in [0.4, 0.5) is 4.79 Å². The summed E-state index contributed by atoms with van der Waals surface area (Å²) in [6.45, 7) is 7.54. The van der Waals surface area contributed by atoms with Crippen LogP contribution in [0.3, 0.4) is 0 Å². The molecular formula is C15H24N4O3. The zero-order chi connectivity index (χ0) is 15.7. The van der Waals surface area contributed by atoms with Crippen molar-refractivity contribution in [2.24, 2.45) is 0 Å². The average molecular weight is 308 g/mol. The average Bonchev–Trinajstić information content (AvgIpc) is 2.93. The summed E-state index contributed by atoms with van der Waals surface area (Å²) >= 11 is 0. The van der Waals surface area contributed by atoms with Gasteiger partial charge in [-0.25, -0.2) is 4.79 Å². The number of nitrogens with zero attached hydrogens (tertiary/aromatic N) is 4. The quantitative estimate of drug-likeness (QED) is 0.795. The number of morpholine rings is 1. The Morgan fingerprint density at radius 2 is 2.00 bits per heavy atom. The number of carbonyl (C=O) groups is 1. The van der Waals surface area contributed by atoms with Crippen molar-refractivity contribution in [1.82, 2.24) is 19.9 Å². The van der Waals surface area contributed by atoms with Gasteiger partial charge in [0.15, 0.2) is 5.82 Å². The number of ether oxygens (including phenoxy) is 1. The minimum atomic E-state index is -0.288. The van der Waals surface area contributed by atoms with Gasteiger partial charge in [0.2, 0.25) is 0 Å². The number of aryl methyl sites for hydroxylation is 1. The standard InChI is InChI=1S/C15H24N4O3/c1-10-5-4-6-11(2)19(10)15(20)18-7-8-21-9-13(18)14-16-12(3)17-22-14/h10-11,13H,4-9H2,1-3H3. The molecule has 22 heavy (non-hydrogen) atoms. The van der Waals surface area contributed by atoms with E-state index < -0.39 is 0 Å². The Balaban J connectivity index is 1.82. The van der Waals surface area contributed by atoms with Crippen LogP contribution in [0, 0.1) is 6.92 Å². The Hall–Kier alpha value is -1.63. The largest absolute Gasteiger partial charge is 0.377 e. The van der Waals surface area contributed by atoms with E-state index in [-0.39, 0.29) is 24.2 Å². The van der Waals surface area contributed by atoms with E-state index in [0.29, 0.717) is 31.5 Å². The summed E-state index contributed by atoms with van der Waals surface area (Å²) in [5, 5.41) is 3.83. The van der Waals surface area contributed by atoms with Crippen LogP contribution in [-0.4, -0.2) is 57.8 Å². The minimum Gasteiger partial charge on any atom is -0.377 e. The highest BCUT2D eigenvalue weighted by atomic mass is 16.5. The van der Waals surface area contributed by atoms with Gasteiger partial charge in [-0.2, -0.15) is 4.98 Å². The van der Waals surface area contributed by atoms with Crippen molar-refractivity contribution in [3.05, 3.63) is 11.7 Å². The summed E-state index contributed by atoms with van der Waals surface area (Å²) in [5.41, 5.74) is 0. The topological polar surface area (TPSA) is 71.7 Å². The van der Waals surface area contributed by atoms with Crippen molar-refractivity contribution in [2.45, 2.75) is 58.2 Å². The smallest absolute Gasteiger partial charge is 0.321 e. The molecule has 7 heteroatoms. The molecule has 0 N–H and O–H groups in total. The van der Waals surface area contributed by atoms with Crippen LogP contribution in [0.5, 0.6) is 0 Å². The molecule has 2 amide bonds. The molecular weight excluding hydrogens is 284 g/mol. The van der Waals surface area contributed by atoms with Crippen molar-refractivity contribution in [2.75, 3.05) is 19.8 Å². The van der Waals surface area contributed by atoms with Crippen LogP contribution in [0.2, 0.25) is 0 Å². The summed E-state index contributed by atoms with van der Waals surface area (Å²) < 4.78 is 10.8. The fraction of sp³-hybridized carbons (Fsp3) is 0.800. The number of piperidine rings is 1. The number of amides is 2. The fourth-order valence-corrected chi connectivity index (χ4v) is 3.43. The SMILES string of the molecule is Cc1noc(C2COCCN2C(=O)N2C(C)CCCC2C)n1. The van der Waals surface area contributed by atoms with E-state index in [9.17, 15) is 4.79 Å². The second kappa shape index (κ2) is 6.24. The Labute approximate surface area is 130 Å². The molecule has 3 rings (SSSR count). The minimum absolute atomic E-state index is 0.0591. The van der Waals surface area contributed by atoms with Crippen LogP contribution < -0.4 is 0 Å². The molecule has 0 aromatic carbocycles.